The third kappa shape index (κ3) is 2.07. The molecule has 0 bridgehead atoms. The predicted molar refractivity (Wildman–Crippen MR) is 82.1 cm³/mol. The van der Waals surface area contributed by atoms with Gasteiger partial charge in [-0.05, 0) is 12.1 Å². The minimum Gasteiger partial charge on any atom is -0.240 e. The van der Waals surface area contributed by atoms with Crippen LogP contribution in [0.5, 0.6) is 0 Å². The lowest BCUT2D eigenvalue weighted by Crippen LogP contribution is -1.94. The van der Waals surface area contributed by atoms with Gasteiger partial charge in [0.15, 0.2) is 0 Å². The van der Waals surface area contributed by atoms with Crippen LogP contribution in [0.25, 0.3) is 27.8 Å². The van der Waals surface area contributed by atoms with E-state index in [-0.39, 0.29) is 0 Å². The second kappa shape index (κ2) is 4.83. The normalized spacial score (nSPS) is 10.9. The number of aromatic nitrogens is 4. The van der Waals surface area contributed by atoms with E-state index in [1.807, 2.05) is 71.5 Å². The molecular weight excluding hydrogens is 260 g/mol. The lowest BCUT2D eigenvalue weighted by molar-refractivity contribution is 0.895. The van der Waals surface area contributed by atoms with E-state index in [1.165, 1.54) is 0 Å². The average Bonchev–Trinajstić information content (AvgIpc) is 3.00. The average molecular weight is 272 g/mol. The highest BCUT2D eigenvalue weighted by molar-refractivity contribution is 5.90. The lowest BCUT2D eigenvalue weighted by atomic mass is 10.1. The van der Waals surface area contributed by atoms with Crippen molar-refractivity contribution in [3.05, 3.63) is 73.1 Å². The summed E-state index contributed by atoms with van der Waals surface area (Å²) in [5.74, 6) is 0. The van der Waals surface area contributed by atoms with Gasteiger partial charge in [0.1, 0.15) is 11.2 Å². The Hall–Kier alpha value is -3.01. The van der Waals surface area contributed by atoms with Gasteiger partial charge in [0.2, 0.25) is 0 Å². The Morgan fingerprint density at radius 2 is 1.52 bits per heavy atom. The zero-order chi connectivity index (χ0) is 14.1. The van der Waals surface area contributed by atoms with Gasteiger partial charge in [-0.15, -0.1) is 5.10 Å². The third-order valence-corrected chi connectivity index (χ3v) is 3.39. The number of rotatable bonds is 2. The predicted octanol–water partition coefficient (Wildman–Crippen LogP) is 3.48. The first-order valence-electron chi connectivity index (χ1n) is 6.74. The van der Waals surface area contributed by atoms with Crippen molar-refractivity contribution in [3.8, 4) is 16.9 Å². The lowest BCUT2D eigenvalue weighted by Gasteiger charge is -2.00. The summed E-state index contributed by atoms with van der Waals surface area (Å²) in [6, 6.07) is 20.0. The first-order valence-corrected chi connectivity index (χ1v) is 6.74. The van der Waals surface area contributed by atoms with Crippen molar-refractivity contribution in [3.63, 3.8) is 0 Å². The molecule has 0 unspecified atom stereocenters. The molecule has 0 saturated carbocycles. The van der Waals surface area contributed by atoms with Crippen LogP contribution in [0.15, 0.2) is 73.1 Å². The van der Waals surface area contributed by atoms with Crippen LogP contribution in [0.1, 0.15) is 0 Å². The molecule has 0 fully saturated rings. The van der Waals surface area contributed by atoms with Crippen LogP contribution in [0.3, 0.4) is 0 Å². The minimum atomic E-state index is 0.808. The Bertz CT molecular complexity index is 882. The van der Waals surface area contributed by atoms with Crippen molar-refractivity contribution in [2.24, 2.45) is 0 Å². The Morgan fingerprint density at radius 1 is 0.810 bits per heavy atom. The van der Waals surface area contributed by atoms with Gasteiger partial charge in [-0.25, -0.2) is 4.68 Å². The molecule has 2 aromatic carbocycles. The van der Waals surface area contributed by atoms with Crippen molar-refractivity contribution in [1.82, 2.24) is 20.0 Å². The summed E-state index contributed by atoms with van der Waals surface area (Å²) in [7, 11) is 0. The number of hydrogen-bond donors (Lipinski definition) is 0. The molecule has 4 aromatic rings. The summed E-state index contributed by atoms with van der Waals surface area (Å²) in [5.41, 5.74) is 3.71. The quantitative estimate of drug-likeness (QED) is 0.561. The zero-order valence-corrected chi connectivity index (χ0v) is 11.2. The molecule has 4 heteroatoms. The van der Waals surface area contributed by atoms with Crippen LogP contribution in [0, 0.1) is 0 Å². The number of benzene rings is 2. The fourth-order valence-corrected chi connectivity index (χ4v) is 2.37. The SMILES string of the molecule is c1ccc(-c2nncc3cn(-c4ccccc4)nc23)cc1. The van der Waals surface area contributed by atoms with Gasteiger partial charge in [-0.1, -0.05) is 48.5 Å². The van der Waals surface area contributed by atoms with Crippen LogP contribution in [-0.2, 0) is 0 Å². The molecular formula is C17H12N4. The van der Waals surface area contributed by atoms with Crippen molar-refractivity contribution < 1.29 is 0 Å². The van der Waals surface area contributed by atoms with Crippen LogP contribution in [0.4, 0.5) is 0 Å². The molecule has 0 aliphatic rings. The number of hydrogen-bond acceptors (Lipinski definition) is 3. The van der Waals surface area contributed by atoms with Gasteiger partial charge in [-0.3, -0.25) is 0 Å². The van der Waals surface area contributed by atoms with E-state index in [4.69, 9.17) is 0 Å². The minimum absolute atomic E-state index is 0.808. The summed E-state index contributed by atoms with van der Waals surface area (Å²) in [5, 5.41) is 14.0. The van der Waals surface area contributed by atoms with E-state index in [0.29, 0.717) is 0 Å². The monoisotopic (exact) mass is 272 g/mol. The molecule has 2 heterocycles. The first-order chi connectivity index (χ1) is 10.4. The Balaban J connectivity index is 1.93. The number of nitrogens with zero attached hydrogens (tertiary/aromatic N) is 4. The van der Waals surface area contributed by atoms with Crippen LogP contribution in [0.2, 0.25) is 0 Å². The summed E-state index contributed by atoms with van der Waals surface area (Å²) >= 11 is 0. The summed E-state index contributed by atoms with van der Waals surface area (Å²) in [6.45, 7) is 0. The van der Waals surface area contributed by atoms with Gasteiger partial charge in [-0.2, -0.15) is 10.2 Å². The van der Waals surface area contributed by atoms with Gasteiger partial charge in [0, 0.05) is 17.1 Å². The van der Waals surface area contributed by atoms with Crippen LogP contribution < -0.4 is 0 Å². The smallest absolute Gasteiger partial charge is 0.122 e. The molecule has 0 saturated heterocycles. The summed E-state index contributed by atoms with van der Waals surface area (Å²) in [6.07, 6.45) is 3.72. The van der Waals surface area contributed by atoms with Crippen molar-refractivity contribution >= 4 is 10.9 Å². The van der Waals surface area contributed by atoms with Crippen molar-refractivity contribution in [1.29, 1.82) is 0 Å². The topological polar surface area (TPSA) is 43.6 Å². The molecule has 0 N–H and O–H groups in total. The molecule has 100 valence electrons. The highest BCUT2D eigenvalue weighted by atomic mass is 15.3. The standard InChI is InChI=1S/C17H12N4/c1-3-7-13(8-4-1)16-17-14(11-18-19-16)12-21(20-17)15-9-5-2-6-10-15/h1-12H. The first kappa shape index (κ1) is 11.8. The molecule has 0 spiro atoms. The van der Waals surface area contributed by atoms with Gasteiger partial charge in [0.25, 0.3) is 0 Å². The molecule has 21 heavy (non-hydrogen) atoms. The highest BCUT2D eigenvalue weighted by Crippen LogP contribution is 2.25. The van der Waals surface area contributed by atoms with E-state index >= 15 is 0 Å². The Morgan fingerprint density at radius 3 is 2.29 bits per heavy atom. The number of fused-ring (bicyclic) bond motifs is 1. The van der Waals surface area contributed by atoms with Crippen LogP contribution in [-0.4, -0.2) is 20.0 Å². The van der Waals surface area contributed by atoms with Crippen molar-refractivity contribution in [2.75, 3.05) is 0 Å². The van der Waals surface area contributed by atoms with E-state index in [9.17, 15) is 0 Å². The Labute approximate surface area is 121 Å². The third-order valence-electron chi connectivity index (χ3n) is 3.39. The summed E-state index contributed by atoms with van der Waals surface area (Å²) in [4.78, 5) is 0. The highest BCUT2D eigenvalue weighted by Gasteiger charge is 2.10. The molecule has 0 aliphatic heterocycles. The second-order valence-electron chi connectivity index (χ2n) is 4.77. The van der Waals surface area contributed by atoms with E-state index in [0.717, 1.165) is 27.8 Å². The molecule has 2 aromatic heterocycles. The molecule has 0 atom stereocenters. The fourth-order valence-electron chi connectivity index (χ4n) is 2.37. The second-order valence-corrected chi connectivity index (χ2v) is 4.77. The van der Waals surface area contributed by atoms with Crippen LogP contribution >= 0.6 is 0 Å². The largest absolute Gasteiger partial charge is 0.240 e. The van der Waals surface area contributed by atoms with E-state index < -0.39 is 0 Å². The molecule has 0 amide bonds. The maximum absolute atomic E-state index is 4.67. The summed E-state index contributed by atoms with van der Waals surface area (Å²) < 4.78 is 1.86. The van der Waals surface area contributed by atoms with Gasteiger partial charge in [0.05, 0.1) is 11.9 Å². The fraction of sp³-hybridized carbons (Fsp3) is 0. The molecule has 4 nitrogen and oxygen atoms in total. The van der Waals surface area contributed by atoms with E-state index in [1.54, 1.807) is 6.20 Å². The maximum Gasteiger partial charge on any atom is 0.122 e. The Kier molecular flexibility index (Phi) is 2.71. The maximum atomic E-state index is 4.67. The zero-order valence-electron chi connectivity index (χ0n) is 11.2. The van der Waals surface area contributed by atoms with Gasteiger partial charge >= 0.3 is 0 Å². The number of para-hydroxylation sites is 1. The molecule has 4 rings (SSSR count). The van der Waals surface area contributed by atoms with Crippen molar-refractivity contribution in [2.45, 2.75) is 0 Å². The molecule has 0 aliphatic carbocycles. The van der Waals surface area contributed by atoms with E-state index in [2.05, 4.69) is 15.3 Å². The van der Waals surface area contributed by atoms with Gasteiger partial charge < -0.3 is 0 Å². The molecule has 0 radical (unpaired) electrons.